The number of imidazole rings is 1. The third kappa shape index (κ3) is 4.42. The zero-order valence-corrected chi connectivity index (χ0v) is 11.1. The molecule has 18 heavy (non-hydrogen) atoms. The number of aromatic nitrogens is 2. The van der Waals surface area contributed by atoms with E-state index in [1.165, 1.54) is 25.7 Å². The Morgan fingerprint density at radius 3 is 2.67 bits per heavy atom. The molecule has 102 valence electrons. The third-order valence-electron chi connectivity index (χ3n) is 3.82. The van der Waals surface area contributed by atoms with E-state index in [1.807, 2.05) is 18.7 Å². The molecule has 2 N–H and O–H groups in total. The normalized spacial score (nSPS) is 19.6. The summed E-state index contributed by atoms with van der Waals surface area (Å²) >= 11 is 0. The molecule has 0 atom stereocenters. The van der Waals surface area contributed by atoms with E-state index in [1.54, 1.807) is 0 Å². The molecule has 4 heteroatoms. The number of nitrogens with zero attached hydrogens (tertiary/aromatic N) is 2. The monoisotopic (exact) mass is 251 g/mol. The SMILES string of the molecule is OC1(CNCCCn2ccnc2)CCCCCC1. The van der Waals surface area contributed by atoms with Crippen molar-refractivity contribution in [2.24, 2.45) is 0 Å². The molecule has 1 saturated carbocycles. The highest BCUT2D eigenvalue weighted by molar-refractivity contribution is 4.83. The second kappa shape index (κ2) is 6.90. The van der Waals surface area contributed by atoms with Gasteiger partial charge in [-0.15, -0.1) is 0 Å². The molecule has 0 unspecified atom stereocenters. The second-order valence-corrected chi connectivity index (χ2v) is 5.47. The summed E-state index contributed by atoms with van der Waals surface area (Å²) in [6, 6.07) is 0. The quantitative estimate of drug-likeness (QED) is 0.600. The van der Waals surface area contributed by atoms with Crippen molar-refractivity contribution in [1.82, 2.24) is 14.9 Å². The van der Waals surface area contributed by atoms with Gasteiger partial charge in [-0.1, -0.05) is 25.7 Å². The Kier molecular flexibility index (Phi) is 5.20. The van der Waals surface area contributed by atoms with Crippen molar-refractivity contribution in [2.75, 3.05) is 13.1 Å². The number of hydrogen-bond acceptors (Lipinski definition) is 3. The van der Waals surface area contributed by atoms with Gasteiger partial charge in [0.05, 0.1) is 11.9 Å². The van der Waals surface area contributed by atoms with Gasteiger partial charge in [0, 0.05) is 25.5 Å². The molecule has 1 aromatic heterocycles. The van der Waals surface area contributed by atoms with Crippen LogP contribution >= 0.6 is 0 Å². The minimum Gasteiger partial charge on any atom is -0.389 e. The second-order valence-electron chi connectivity index (χ2n) is 5.47. The van der Waals surface area contributed by atoms with E-state index in [0.29, 0.717) is 0 Å². The number of aryl methyl sites for hydroxylation is 1. The average Bonchev–Trinajstić information content (AvgIpc) is 2.78. The molecule has 1 aliphatic rings. The van der Waals surface area contributed by atoms with Crippen LogP contribution in [-0.2, 0) is 6.54 Å². The highest BCUT2D eigenvalue weighted by Crippen LogP contribution is 2.26. The maximum Gasteiger partial charge on any atom is 0.0945 e. The fourth-order valence-corrected chi connectivity index (χ4v) is 2.69. The third-order valence-corrected chi connectivity index (χ3v) is 3.82. The first-order valence-electron chi connectivity index (χ1n) is 7.17. The minimum absolute atomic E-state index is 0.453. The van der Waals surface area contributed by atoms with E-state index in [0.717, 1.165) is 38.9 Å². The van der Waals surface area contributed by atoms with Crippen molar-refractivity contribution < 1.29 is 5.11 Å². The van der Waals surface area contributed by atoms with Gasteiger partial charge in [-0.3, -0.25) is 0 Å². The largest absolute Gasteiger partial charge is 0.389 e. The Morgan fingerprint density at radius 2 is 2.00 bits per heavy atom. The summed E-state index contributed by atoms with van der Waals surface area (Å²) in [5.41, 5.74) is -0.453. The Bertz CT molecular complexity index is 316. The summed E-state index contributed by atoms with van der Waals surface area (Å²) in [7, 11) is 0. The van der Waals surface area contributed by atoms with Gasteiger partial charge in [-0.2, -0.15) is 0 Å². The van der Waals surface area contributed by atoms with Crippen LogP contribution in [0.2, 0.25) is 0 Å². The first-order valence-corrected chi connectivity index (χ1v) is 7.17. The Morgan fingerprint density at radius 1 is 1.22 bits per heavy atom. The standard InChI is InChI=1S/C14H25N3O/c18-14(6-3-1-2-4-7-14)12-15-8-5-10-17-11-9-16-13-17/h9,11,13,15,18H,1-8,10,12H2. The van der Waals surface area contributed by atoms with E-state index in [9.17, 15) is 5.11 Å². The van der Waals surface area contributed by atoms with E-state index >= 15 is 0 Å². The lowest BCUT2D eigenvalue weighted by molar-refractivity contribution is 0.0254. The zero-order valence-electron chi connectivity index (χ0n) is 11.1. The molecule has 2 rings (SSSR count). The van der Waals surface area contributed by atoms with E-state index < -0.39 is 5.60 Å². The fraction of sp³-hybridized carbons (Fsp3) is 0.786. The first-order chi connectivity index (χ1) is 8.79. The minimum atomic E-state index is -0.453. The summed E-state index contributed by atoms with van der Waals surface area (Å²) in [5.74, 6) is 0. The molecule has 0 bridgehead atoms. The molecule has 1 heterocycles. The van der Waals surface area contributed by atoms with Crippen molar-refractivity contribution in [2.45, 2.75) is 57.1 Å². The predicted octanol–water partition coefficient (Wildman–Crippen LogP) is 1.95. The maximum absolute atomic E-state index is 10.5. The van der Waals surface area contributed by atoms with Crippen LogP contribution in [-0.4, -0.2) is 33.3 Å². The van der Waals surface area contributed by atoms with Crippen molar-refractivity contribution in [3.05, 3.63) is 18.7 Å². The summed E-state index contributed by atoms with van der Waals surface area (Å²) in [6.45, 7) is 2.70. The number of aliphatic hydroxyl groups is 1. The van der Waals surface area contributed by atoms with Gasteiger partial charge in [-0.25, -0.2) is 4.98 Å². The van der Waals surface area contributed by atoms with Crippen molar-refractivity contribution in [1.29, 1.82) is 0 Å². The molecule has 4 nitrogen and oxygen atoms in total. The molecular weight excluding hydrogens is 226 g/mol. The molecule has 0 aliphatic heterocycles. The molecular formula is C14H25N3O. The highest BCUT2D eigenvalue weighted by Gasteiger charge is 2.26. The van der Waals surface area contributed by atoms with Crippen LogP contribution in [0.15, 0.2) is 18.7 Å². The van der Waals surface area contributed by atoms with Gasteiger partial charge >= 0.3 is 0 Å². The number of rotatable bonds is 6. The van der Waals surface area contributed by atoms with Crippen LogP contribution in [0.4, 0.5) is 0 Å². The summed E-state index contributed by atoms with van der Waals surface area (Å²) in [6.07, 6.45) is 13.5. The number of hydrogen-bond donors (Lipinski definition) is 2. The smallest absolute Gasteiger partial charge is 0.0945 e. The topological polar surface area (TPSA) is 50.1 Å². The van der Waals surface area contributed by atoms with Gasteiger partial charge in [0.25, 0.3) is 0 Å². The number of nitrogens with one attached hydrogen (secondary N) is 1. The van der Waals surface area contributed by atoms with Gasteiger partial charge in [0.2, 0.25) is 0 Å². The van der Waals surface area contributed by atoms with Crippen molar-refractivity contribution in [3.8, 4) is 0 Å². The molecule has 1 fully saturated rings. The molecule has 1 aliphatic carbocycles. The molecule has 0 amide bonds. The van der Waals surface area contributed by atoms with E-state index in [-0.39, 0.29) is 0 Å². The fourth-order valence-electron chi connectivity index (χ4n) is 2.69. The molecule has 0 aromatic carbocycles. The first kappa shape index (κ1) is 13.6. The van der Waals surface area contributed by atoms with Crippen molar-refractivity contribution in [3.63, 3.8) is 0 Å². The van der Waals surface area contributed by atoms with Gasteiger partial charge in [0.15, 0.2) is 0 Å². The molecule has 1 aromatic rings. The average molecular weight is 251 g/mol. The molecule has 0 radical (unpaired) electrons. The van der Waals surface area contributed by atoms with Crippen LogP contribution in [0, 0.1) is 0 Å². The predicted molar refractivity (Wildman–Crippen MR) is 72.4 cm³/mol. The lowest BCUT2D eigenvalue weighted by Crippen LogP contribution is -2.40. The lowest BCUT2D eigenvalue weighted by atomic mass is 9.94. The molecule has 0 spiro atoms. The van der Waals surface area contributed by atoms with E-state index in [2.05, 4.69) is 14.9 Å². The summed E-state index contributed by atoms with van der Waals surface area (Å²) in [4.78, 5) is 4.02. The van der Waals surface area contributed by atoms with Crippen LogP contribution in [0.1, 0.15) is 44.9 Å². The van der Waals surface area contributed by atoms with Gasteiger partial charge in [0.1, 0.15) is 0 Å². The Labute approximate surface area is 109 Å². The maximum atomic E-state index is 10.5. The summed E-state index contributed by atoms with van der Waals surface area (Å²) in [5, 5.41) is 13.9. The Hall–Kier alpha value is -0.870. The van der Waals surface area contributed by atoms with Crippen LogP contribution in [0.25, 0.3) is 0 Å². The van der Waals surface area contributed by atoms with E-state index in [4.69, 9.17) is 0 Å². The van der Waals surface area contributed by atoms with Gasteiger partial charge in [-0.05, 0) is 25.8 Å². The highest BCUT2D eigenvalue weighted by atomic mass is 16.3. The van der Waals surface area contributed by atoms with Crippen molar-refractivity contribution >= 4 is 0 Å². The van der Waals surface area contributed by atoms with Crippen LogP contribution in [0.3, 0.4) is 0 Å². The lowest BCUT2D eigenvalue weighted by Gasteiger charge is -2.27. The molecule has 0 saturated heterocycles. The summed E-state index contributed by atoms with van der Waals surface area (Å²) < 4.78 is 2.09. The van der Waals surface area contributed by atoms with Gasteiger partial charge < -0.3 is 15.0 Å². The van der Waals surface area contributed by atoms with Crippen LogP contribution in [0.5, 0.6) is 0 Å². The van der Waals surface area contributed by atoms with Crippen LogP contribution < -0.4 is 5.32 Å². The zero-order chi connectivity index (χ0) is 12.7. The Balaban J connectivity index is 1.59.